The molecule has 1 aliphatic heterocycles. The lowest BCUT2D eigenvalue weighted by Gasteiger charge is -2.43. The van der Waals surface area contributed by atoms with Crippen LogP contribution in [0.4, 0.5) is 0 Å². The molecule has 26 heavy (non-hydrogen) atoms. The van der Waals surface area contributed by atoms with Crippen LogP contribution in [0.1, 0.15) is 31.7 Å². The van der Waals surface area contributed by atoms with Gasteiger partial charge in [-0.3, -0.25) is 9.59 Å². The molecule has 0 saturated heterocycles. The zero-order valence-corrected chi connectivity index (χ0v) is 14.9. The van der Waals surface area contributed by atoms with E-state index in [1.165, 1.54) is 13.2 Å². The molecule has 0 radical (unpaired) electrons. The molecule has 4 atom stereocenters. The Bertz CT molecular complexity index is 773. The van der Waals surface area contributed by atoms with Crippen LogP contribution < -0.4 is 10.2 Å². The van der Waals surface area contributed by atoms with Gasteiger partial charge in [-0.25, -0.2) is 5.43 Å². The van der Waals surface area contributed by atoms with E-state index in [0.717, 1.165) is 0 Å². The van der Waals surface area contributed by atoms with Gasteiger partial charge < -0.3 is 19.7 Å². The second-order valence-corrected chi connectivity index (χ2v) is 6.78. The average molecular weight is 362 g/mol. The van der Waals surface area contributed by atoms with Crippen molar-refractivity contribution in [2.75, 3.05) is 13.7 Å². The van der Waals surface area contributed by atoms with Gasteiger partial charge in [0.15, 0.2) is 11.5 Å². The molecule has 1 aromatic carbocycles. The monoisotopic (exact) mass is 362 g/mol. The second kappa shape index (κ2) is 6.60. The van der Waals surface area contributed by atoms with Crippen molar-refractivity contribution in [3.8, 4) is 11.5 Å². The van der Waals surface area contributed by atoms with E-state index in [0.29, 0.717) is 11.3 Å². The molecule has 0 spiro atoms. The molecule has 8 nitrogen and oxygen atoms in total. The van der Waals surface area contributed by atoms with Gasteiger partial charge in [-0.05, 0) is 31.5 Å². The largest absolute Gasteiger partial charge is 0.504 e. The number of phenolic OH excluding ortho intramolecular Hbond substituents is 1. The van der Waals surface area contributed by atoms with E-state index in [-0.39, 0.29) is 30.4 Å². The normalized spacial score (nSPS) is 30.2. The van der Waals surface area contributed by atoms with Crippen LogP contribution in [-0.4, -0.2) is 47.1 Å². The Labute approximate surface area is 150 Å². The van der Waals surface area contributed by atoms with Crippen molar-refractivity contribution in [1.82, 2.24) is 5.43 Å². The SMILES string of the molecule is CCOC(=O)C1C(c2ccc(O)c(OC)c2)C2C(=O)NN=C2CC1(C)O. The summed E-state index contributed by atoms with van der Waals surface area (Å²) in [6.45, 7) is 3.39. The number of fused-ring (bicyclic) bond motifs is 1. The van der Waals surface area contributed by atoms with Crippen molar-refractivity contribution < 1.29 is 29.3 Å². The Kier molecular flexibility index (Phi) is 4.62. The minimum Gasteiger partial charge on any atom is -0.504 e. The van der Waals surface area contributed by atoms with Crippen molar-refractivity contribution in [2.24, 2.45) is 16.9 Å². The number of benzene rings is 1. The van der Waals surface area contributed by atoms with Gasteiger partial charge in [-0.1, -0.05) is 6.07 Å². The van der Waals surface area contributed by atoms with Crippen LogP contribution in [0.25, 0.3) is 0 Å². The Morgan fingerprint density at radius 1 is 1.46 bits per heavy atom. The van der Waals surface area contributed by atoms with Gasteiger partial charge in [0.2, 0.25) is 5.91 Å². The number of nitrogens with one attached hydrogen (secondary N) is 1. The molecular weight excluding hydrogens is 340 g/mol. The number of aromatic hydroxyl groups is 1. The van der Waals surface area contributed by atoms with Crippen LogP contribution in [0, 0.1) is 11.8 Å². The van der Waals surface area contributed by atoms with Crippen LogP contribution in [0.5, 0.6) is 11.5 Å². The standard InChI is InChI=1S/C18H22N2O6/c1-4-26-17(23)15-13(9-5-6-11(21)12(7-9)25-3)14-10(8-18(15,2)24)19-20-16(14)22/h5-7,13-15,21,24H,4,8H2,1-3H3,(H,20,22). The summed E-state index contributed by atoms with van der Waals surface area (Å²) in [6, 6.07) is 4.61. The molecule has 1 fully saturated rings. The quantitative estimate of drug-likeness (QED) is 0.686. The number of carbonyl (C=O) groups is 2. The second-order valence-electron chi connectivity index (χ2n) is 6.78. The third kappa shape index (κ3) is 2.90. The summed E-state index contributed by atoms with van der Waals surface area (Å²) in [6.07, 6.45) is 0.0889. The number of esters is 1. The van der Waals surface area contributed by atoms with E-state index < -0.39 is 29.3 Å². The van der Waals surface area contributed by atoms with Gasteiger partial charge in [0.1, 0.15) is 0 Å². The van der Waals surface area contributed by atoms with E-state index in [2.05, 4.69) is 10.5 Å². The molecule has 3 N–H and O–H groups in total. The number of aliphatic hydroxyl groups is 1. The Morgan fingerprint density at radius 3 is 2.85 bits per heavy atom. The first-order valence-electron chi connectivity index (χ1n) is 8.42. The number of hydrogen-bond donors (Lipinski definition) is 3. The molecule has 0 bridgehead atoms. The molecule has 2 aliphatic rings. The molecule has 4 unspecified atom stereocenters. The highest BCUT2D eigenvalue weighted by molar-refractivity contribution is 6.10. The zero-order valence-electron chi connectivity index (χ0n) is 14.9. The topological polar surface area (TPSA) is 117 Å². The first-order chi connectivity index (χ1) is 12.3. The van der Waals surface area contributed by atoms with Crippen molar-refractivity contribution in [3.05, 3.63) is 23.8 Å². The number of carbonyl (C=O) groups excluding carboxylic acids is 2. The highest BCUT2D eigenvalue weighted by Gasteiger charge is 2.57. The van der Waals surface area contributed by atoms with Crippen LogP contribution in [0.3, 0.4) is 0 Å². The lowest BCUT2D eigenvalue weighted by atomic mass is 9.61. The maximum atomic E-state index is 12.7. The number of rotatable bonds is 4. The van der Waals surface area contributed by atoms with E-state index in [4.69, 9.17) is 9.47 Å². The number of nitrogens with zero attached hydrogens (tertiary/aromatic N) is 1. The van der Waals surface area contributed by atoms with Gasteiger partial charge in [-0.2, -0.15) is 5.10 Å². The van der Waals surface area contributed by atoms with Gasteiger partial charge in [0, 0.05) is 12.3 Å². The summed E-state index contributed by atoms with van der Waals surface area (Å²) in [5.74, 6) is -3.12. The summed E-state index contributed by atoms with van der Waals surface area (Å²) in [5.41, 5.74) is 2.07. The number of phenols is 1. The number of amides is 1. The lowest BCUT2D eigenvalue weighted by Crippen LogP contribution is -2.54. The highest BCUT2D eigenvalue weighted by atomic mass is 16.5. The third-order valence-electron chi connectivity index (χ3n) is 5.01. The van der Waals surface area contributed by atoms with Crippen LogP contribution >= 0.6 is 0 Å². The summed E-state index contributed by atoms with van der Waals surface area (Å²) in [5, 5.41) is 24.9. The van der Waals surface area contributed by atoms with Crippen molar-refractivity contribution in [2.45, 2.75) is 31.8 Å². The predicted octanol–water partition coefficient (Wildman–Crippen LogP) is 0.920. The van der Waals surface area contributed by atoms with Crippen LogP contribution in [0.15, 0.2) is 23.3 Å². The van der Waals surface area contributed by atoms with Gasteiger partial charge in [0.05, 0.1) is 36.9 Å². The average Bonchev–Trinajstić information content (AvgIpc) is 2.93. The molecule has 1 heterocycles. The summed E-state index contributed by atoms with van der Waals surface area (Å²) >= 11 is 0. The van der Waals surface area contributed by atoms with E-state index in [1.54, 1.807) is 26.0 Å². The van der Waals surface area contributed by atoms with Gasteiger partial charge >= 0.3 is 5.97 Å². The first kappa shape index (κ1) is 18.2. The minimum atomic E-state index is -1.44. The summed E-state index contributed by atoms with van der Waals surface area (Å²) < 4.78 is 10.3. The van der Waals surface area contributed by atoms with Crippen LogP contribution in [-0.2, 0) is 14.3 Å². The fourth-order valence-electron chi connectivity index (χ4n) is 3.91. The smallest absolute Gasteiger partial charge is 0.312 e. The third-order valence-corrected chi connectivity index (χ3v) is 5.01. The van der Waals surface area contributed by atoms with Crippen LogP contribution in [0.2, 0.25) is 0 Å². The number of hydrogen-bond acceptors (Lipinski definition) is 7. The van der Waals surface area contributed by atoms with E-state index >= 15 is 0 Å². The molecule has 3 rings (SSSR count). The van der Waals surface area contributed by atoms with E-state index in [1.807, 2.05) is 0 Å². The number of hydrazone groups is 1. The molecular formula is C18H22N2O6. The molecule has 0 aromatic heterocycles. The number of methoxy groups -OCH3 is 1. The first-order valence-corrected chi connectivity index (χ1v) is 8.42. The Hall–Kier alpha value is -2.61. The van der Waals surface area contributed by atoms with Gasteiger partial charge in [-0.15, -0.1) is 0 Å². The molecule has 140 valence electrons. The fourth-order valence-corrected chi connectivity index (χ4v) is 3.91. The lowest BCUT2D eigenvalue weighted by molar-refractivity contribution is -0.160. The molecule has 8 heteroatoms. The maximum Gasteiger partial charge on any atom is 0.312 e. The Balaban J connectivity index is 2.15. The van der Waals surface area contributed by atoms with E-state index in [9.17, 15) is 19.8 Å². The molecule has 1 aromatic rings. The molecule has 1 saturated carbocycles. The zero-order chi connectivity index (χ0) is 19.1. The fraction of sp³-hybridized carbons (Fsp3) is 0.500. The minimum absolute atomic E-state index is 0.0590. The van der Waals surface area contributed by atoms with Crippen molar-refractivity contribution in [3.63, 3.8) is 0 Å². The Morgan fingerprint density at radius 2 is 2.19 bits per heavy atom. The number of ether oxygens (including phenoxy) is 2. The van der Waals surface area contributed by atoms with Gasteiger partial charge in [0.25, 0.3) is 0 Å². The maximum absolute atomic E-state index is 12.7. The van der Waals surface area contributed by atoms with Crippen molar-refractivity contribution >= 4 is 17.6 Å². The predicted molar refractivity (Wildman–Crippen MR) is 91.8 cm³/mol. The molecule has 1 amide bonds. The summed E-state index contributed by atoms with van der Waals surface area (Å²) in [7, 11) is 1.41. The molecule has 1 aliphatic carbocycles. The highest BCUT2D eigenvalue weighted by Crippen LogP contribution is 2.48. The van der Waals surface area contributed by atoms with Crippen molar-refractivity contribution in [1.29, 1.82) is 0 Å². The summed E-state index contributed by atoms with van der Waals surface area (Å²) in [4.78, 5) is 25.1.